The van der Waals surface area contributed by atoms with Crippen molar-refractivity contribution in [2.24, 2.45) is 5.41 Å². The minimum atomic E-state index is -3.40. The first-order chi connectivity index (χ1) is 9.90. The number of sulfonamides is 1. The Hall–Kier alpha value is -0.850. The molecule has 120 valence electrons. The van der Waals surface area contributed by atoms with E-state index in [1.165, 1.54) is 0 Å². The van der Waals surface area contributed by atoms with Gasteiger partial charge < -0.3 is 9.88 Å². The fourth-order valence-electron chi connectivity index (χ4n) is 2.27. The second-order valence-electron chi connectivity index (χ2n) is 6.28. The Kier molecular flexibility index (Phi) is 5.11. The lowest BCUT2D eigenvalue weighted by molar-refractivity contribution is 0.530. The highest BCUT2D eigenvalue weighted by molar-refractivity contribution is 7.89. The van der Waals surface area contributed by atoms with Crippen LogP contribution in [0.4, 0.5) is 0 Å². The van der Waals surface area contributed by atoms with Crippen LogP contribution in [0.5, 0.6) is 0 Å². The first-order valence-electron chi connectivity index (χ1n) is 7.79. The molecule has 6 heteroatoms. The summed E-state index contributed by atoms with van der Waals surface area (Å²) < 4.78 is 29.6. The number of nitrogens with zero attached hydrogens (tertiary/aromatic N) is 1. The van der Waals surface area contributed by atoms with Crippen molar-refractivity contribution in [3.8, 4) is 0 Å². The Morgan fingerprint density at radius 3 is 2.62 bits per heavy atom. The fraction of sp³-hybridized carbons (Fsp3) is 0.733. The summed E-state index contributed by atoms with van der Waals surface area (Å²) in [5, 5.41) is 3.26. The SMILES string of the molecule is CCCn1cc(S(=O)(=O)NCC2(C)CC2)cc1CNCC. The van der Waals surface area contributed by atoms with Crippen molar-refractivity contribution < 1.29 is 8.42 Å². The molecule has 0 aliphatic heterocycles. The second-order valence-corrected chi connectivity index (χ2v) is 8.04. The van der Waals surface area contributed by atoms with Crippen molar-refractivity contribution >= 4 is 10.0 Å². The Labute approximate surface area is 128 Å². The lowest BCUT2D eigenvalue weighted by Crippen LogP contribution is -2.28. The van der Waals surface area contributed by atoms with E-state index in [1.54, 1.807) is 12.3 Å². The van der Waals surface area contributed by atoms with Crippen LogP contribution in [0.25, 0.3) is 0 Å². The zero-order valence-electron chi connectivity index (χ0n) is 13.3. The van der Waals surface area contributed by atoms with Crippen LogP contribution in [0.15, 0.2) is 17.2 Å². The number of hydrogen-bond acceptors (Lipinski definition) is 3. The van der Waals surface area contributed by atoms with Gasteiger partial charge in [-0.2, -0.15) is 0 Å². The predicted molar refractivity (Wildman–Crippen MR) is 84.6 cm³/mol. The van der Waals surface area contributed by atoms with Crippen LogP contribution in [0, 0.1) is 5.41 Å². The van der Waals surface area contributed by atoms with Crippen LogP contribution in [0.2, 0.25) is 0 Å². The highest BCUT2D eigenvalue weighted by Crippen LogP contribution is 2.44. The zero-order valence-corrected chi connectivity index (χ0v) is 14.1. The number of nitrogens with one attached hydrogen (secondary N) is 2. The van der Waals surface area contributed by atoms with Gasteiger partial charge in [0.05, 0.1) is 4.90 Å². The Bertz CT molecular complexity index is 574. The minimum Gasteiger partial charge on any atom is -0.349 e. The van der Waals surface area contributed by atoms with Crippen molar-refractivity contribution in [3.63, 3.8) is 0 Å². The number of hydrogen-bond donors (Lipinski definition) is 2. The first-order valence-corrected chi connectivity index (χ1v) is 9.28. The summed E-state index contributed by atoms with van der Waals surface area (Å²) >= 11 is 0. The standard InChI is InChI=1S/C15H27N3O2S/c1-4-8-18-11-14(9-13(18)10-16-5-2)21(19,20)17-12-15(3)6-7-15/h9,11,16-17H,4-8,10,12H2,1-3H3. The third-order valence-corrected chi connectivity index (χ3v) is 5.45. The van der Waals surface area contributed by atoms with Gasteiger partial charge in [0.1, 0.15) is 0 Å². The van der Waals surface area contributed by atoms with E-state index in [1.807, 2.05) is 11.5 Å². The van der Waals surface area contributed by atoms with Gasteiger partial charge >= 0.3 is 0 Å². The van der Waals surface area contributed by atoms with Crippen LogP contribution in [-0.4, -0.2) is 26.1 Å². The maximum Gasteiger partial charge on any atom is 0.242 e. The van der Waals surface area contributed by atoms with E-state index >= 15 is 0 Å². The Morgan fingerprint density at radius 1 is 1.33 bits per heavy atom. The van der Waals surface area contributed by atoms with Gasteiger partial charge in [-0.25, -0.2) is 13.1 Å². The predicted octanol–water partition coefficient (Wildman–Crippen LogP) is 2.09. The number of aromatic nitrogens is 1. The molecule has 0 saturated heterocycles. The lowest BCUT2D eigenvalue weighted by Gasteiger charge is -2.09. The fourth-order valence-corrected chi connectivity index (χ4v) is 3.53. The van der Waals surface area contributed by atoms with Crippen LogP contribution < -0.4 is 10.0 Å². The molecule has 0 amide bonds. The minimum absolute atomic E-state index is 0.172. The third-order valence-electron chi connectivity index (χ3n) is 4.08. The van der Waals surface area contributed by atoms with Crippen molar-refractivity contribution in [2.75, 3.05) is 13.1 Å². The van der Waals surface area contributed by atoms with Crippen molar-refractivity contribution in [2.45, 2.75) is 58.0 Å². The lowest BCUT2D eigenvalue weighted by atomic mass is 10.2. The van der Waals surface area contributed by atoms with Crippen molar-refractivity contribution in [3.05, 3.63) is 18.0 Å². The molecule has 2 N–H and O–H groups in total. The molecule has 1 aliphatic carbocycles. The largest absolute Gasteiger partial charge is 0.349 e. The molecule has 0 radical (unpaired) electrons. The molecule has 2 rings (SSSR count). The van der Waals surface area contributed by atoms with Crippen LogP contribution in [-0.2, 0) is 23.1 Å². The average molecular weight is 313 g/mol. The maximum atomic E-state index is 12.4. The molecule has 1 aromatic rings. The highest BCUT2D eigenvalue weighted by atomic mass is 32.2. The second kappa shape index (κ2) is 6.50. The summed E-state index contributed by atoms with van der Waals surface area (Å²) in [5.41, 5.74) is 1.20. The van der Waals surface area contributed by atoms with E-state index in [0.717, 1.165) is 38.0 Å². The molecule has 5 nitrogen and oxygen atoms in total. The smallest absolute Gasteiger partial charge is 0.242 e. The van der Waals surface area contributed by atoms with Gasteiger partial charge in [-0.3, -0.25) is 0 Å². The summed E-state index contributed by atoms with van der Waals surface area (Å²) in [4.78, 5) is 0.383. The van der Waals surface area contributed by atoms with E-state index in [9.17, 15) is 8.42 Å². The van der Waals surface area contributed by atoms with Gasteiger partial charge in [0, 0.05) is 31.5 Å². The van der Waals surface area contributed by atoms with E-state index < -0.39 is 10.0 Å². The summed E-state index contributed by atoms with van der Waals surface area (Å²) in [5.74, 6) is 0. The average Bonchev–Trinajstić information content (AvgIpc) is 3.04. The molecule has 1 heterocycles. The normalized spacial score (nSPS) is 17.1. The molecular formula is C15H27N3O2S. The Balaban J connectivity index is 2.13. The molecule has 1 saturated carbocycles. The molecule has 0 bridgehead atoms. The van der Waals surface area contributed by atoms with Crippen LogP contribution >= 0.6 is 0 Å². The summed E-state index contributed by atoms with van der Waals surface area (Å²) in [6, 6.07) is 1.79. The molecular weight excluding hydrogens is 286 g/mol. The molecule has 1 fully saturated rings. The van der Waals surface area contributed by atoms with E-state index in [2.05, 4.69) is 23.9 Å². The highest BCUT2D eigenvalue weighted by Gasteiger charge is 2.38. The number of aryl methyl sites for hydroxylation is 1. The molecule has 0 unspecified atom stereocenters. The topological polar surface area (TPSA) is 63.1 Å². The van der Waals surface area contributed by atoms with Gasteiger partial charge in [0.25, 0.3) is 0 Å². The van der Waals surface area contributed by atoms with Gasteiger partial charge in [0.15, 0.2) is 0 Å². The Morgan fingerprint density at radius 2 is 2.05 bits per heavy atom. The van der Waals surface area contributed by atoms with Gasteiger partial charge in [-0.1, -0.05) is 20.8 Å². The molecule has 0 aromatic carbocycles. The molecule has 1 aliphatic rings. The van der Waals surface area contributed by atoms with Gasteiger partial charge in [-0.15, -0.1) is 0 Å². The first kappa shape index (κ1) is 16.5. The molecule has 0 atom stereocenters. The molecule has 21 heavy (non-hydrogen) atoms. The van der Waals surface area contributed by atoms with Gasteiger partial charge in [0.2, 0.25) is 10.0 Å². The van der Waals surface area contributed by atoms with Crippen LogP contribution in [0.1, 0.15) is 45.7 Å². The van der Waals surface area contributed by atoms with Crippen molar-refractivity contribution in [1.82, 2.24) is 14.6 Å². The summed E-state index contributed by atoms with van der Waals surface area (Å²) in [6.07, 6.45) is 4.96. The molecule has 0 spiro atoms. The summed E-state index contributed by atoms with van der Waals surface area (Å²) in [6.45, 7) is 9.21. The maximum absolute atomic E-state index is 12.4. The van der Waals surface area contributed by atoms with E-state index in [-0.39, 0.29) is 5.41 Å². The van der Waals surface area contributed by atoms with Gasteiger partial charge in [-0.05, 0) is 37.3 Å². The van der Waals surface area contributed by atoms with Crippen LogP contribution in [0.3, 0.4) is 0 Å². The van der Waals surface area contributed by atoms with E-state index in [0.29, 0.717) is 18.0 Å². The third kappa shape index (κ3) is 4.31. The molecule has 1 aromatic heterocycles. The van der Waals surface area contributed by atoms with Crippen molar-refractivity contribution in [1.29, 1.82) is 0 Å². The summed E-state index contributed by atoms with van der Waals surface area (Å²) in [7, 11) is -3.40. The quantitative estimate of drug-likeness (QED) is 0.734. The number of rotatable bonds is 9. The monoisotopic (exact) mass is 313 g/mol. The zero-order chi connectivity index (χ0) is 15.5. The van der Waals surface area contributed by atoms with E-state index in [4.69, 9.17) is 0 Å².